The lowest BCUT2D eigenvalue weighted by Gasteiger charge is -2.33. The maximum atomic E-state index is 11.5. The summed E-state index contributed by atoms with van der Waals surface area (Å²) in [5.41, 5.74) is 0. The van der Waals surface area contributed by atoms with E-state index in [2.05, 4.69) is 5.32 Å². The minimum atomic E-state index is -0.757. The van der Waals surface area contributed by atoms with E-state index in [1.165, 1.54) is 4.90 Å². The van der Waals surface area contributed by atoms with E-state index in [4.69, 9.17) is 4.74 Å². The van der Waals surface area contributed by atoms with Crippen LogP contribution in [-0.2, 0) is 19.1 Å². The fourth-order valence-corrected chi connectivity index (χ4v) is 1.50. The molecule has 0 bridgehead atoms. The first-order valence-corrected chi connectivity index (χ1v) is 5.25. The molecule has 0 aromatic rings. The lowest BCUT2D eigenvalue weighted by atomic mass is 10.1. The van der Waals surface area contributed by atoms with Crippen molar-refractivity contribution in [2.24, 2.45) is 0 Å². The third-order valence-corrected chi connectivity index (χ3v) is 2.33. The Morgan fingerprint density at radius 2 is 2.19 bits per heavy atom. The van der Waals surface area contributed by atoms with Crippen molar-refractivity contribution in [1.29, 1.82) is 0 Å². The molecule has 1 aliphatic rings. The average molecular weight is 228 g/mol. The van der Waals surface area contributed by atoms with Gasteiger partial charge in [0.2, 0.25) is 0 Å². The van der Waals surface area contributed by atoms with Gasteiger partial charge < -0.3 is 15.0 Å². The van der Waals surface area contributed by atoms with Gasteiger partial charge in [-0.15, -0.1) is 0 Å². The van der Waals surface area contributed by atoms with E-state index in [1.54, 1.807) is 20.8 Å². The van der Waals surface area contributed by atoms with Crippen molar-refractivity contribution in [3.63, 3.8) is 0 Å². The van der Waals surface area contributed by atoms with Crippen molar-refractivity contribution in [3.8, 4) is 0 Å². The van der Waals surface area contributed by atoms with Crippen LogP contribution in [0.5, 0.6) is 0 Å². The van der Waals surface area contributed by atoms with Gasteiger partial charge in [0.15, 0.2) is 0 Å². The number of nitrogens with one attached hydrogen (secondary N) is 1. The fourth-order valence-electron chi connectivity index (χ4n) is 1.50. The third kappa shape index (κ3) is 2.50. The van der Waals surface area contributed by atoms with E-state index >= 15 is 0 Å². The molecule has 0 aromatic carbocycles. The zero-order valence-corrected chi connectivity index (χ0v) is 9.65. The predicted molar refractivity (Wildman–Crippen MR) is 55.4 cm³/mol. The van der Waals surface area contributed by atoms with Crippen LogP contribution in [0.2, 0.25) is 0 Å². The Morgan fingerprint density at radius 3 is 2.69 bits per heavy atom. The molecule has 1 atom stereocenters. The third-order valence-electron chi connectivity index (χ3n) is 2.33. The molecule has 0 spiro atoms. The molecule has 2 amide bonds. The number of nitrogens with zero attached hydrogens (tertiary/aromatic N) is 1. The second-order valence-electron chi connectivity index (χ2n) is 3.83. The topological polar surface area (TPSA) is 75.7 Å². The van der Waals surface area contributed by atoms with Crippen molar-refractivity contribution < 1.29 is 19.1 Å². The molecule has 1 fully saturated rings. The summed E-state index contributed by atoms with van der Waals surface area (Å²) < 4.78 is 4.80. The number of carbonyl (C=O) groups is 3. The maximum Gasteiger partial charge on any atom is 0.330 e. The first-order chi connectivity index (χ1) is 7.47. The zero-order valence-electron chi connectivity index (χ0n) is 9.65. The number of amides is 2. The number of hydrogen-bond donors (Lipinski definition) is 1. The van der Waals surface area contributed by atoms with Gasteiger partial charge in [0, 0.05) is 6.04 Å². The van der Waals surface area contributed by atoms with Crippen molar-refractivity contribution in [2.75, 3.05) is 13.2 Å². The van der Waals surface area contributed by atoms with E-state index in [1.807, 2.05) is 0 Å². The fraction of sp³-hybridized carbons (Fsp3) is 0.700. The monoisotopic (exact) mass is 228 g/mol. The summed E-state index contributed by atoms with van der Waals surface area (Å²) in [6.45, 7) is 5.69. The summed E-state index contributed by atoms with van der Waals surface area (Å²) in [5, 5.41) is 2.33. The Labute approximate surface area is 93.9 Å². The van der Waals surface area contributed by atoms with Gasteiger partial charge in [-0.25, -0.2) is 4.79 Å². The molecule has 1 heterocycles. The predicted octanol–water partition coefficient (Wildman–Crippen LogP) is -0.715. The number of rotatable bonds is 3. The van der Waals surface area contributed by atoms with Crippen LogP contribution in [0.3, 0.4) is 0 Å². The number of piperazine rings is 1. The van der Waals surface area contributed by atoms with Crippen LogP contribution >= 0.6 is 0 Å². The molecule has 0 aromatic heterocycles. The smallest absolute Gasteiger partial charge is 0.330 e. The van der Waals surface area contributed by atoms with Crippen LogP contribution in [-0.4, -0.2) is 47.9 Å². The summed E-state index contributed by atoms with van der Waals surface area (Å²) in [6.07, 6.45) is 0. The molecule has 0 aliphatic carbocycles. The normalized spacial score (nSPS) is 21.0. The number of hydrogen-bond acceptors (Lipinski definition) is 4. The van der Waals surface area contributed by atoms with E-state index < -0.39 is 23.8 Å². The van der Waals surface area contributed by atoms with Gasteiger partial charge in [0.25, 0.3) is 0 Å². The van der Waals surface area contributed by atoms with Crippen LogP contribution in [0.25, 0.3) is 0 Å². The van der Waals surface area contributed by atoms with Crippen LogP contribution in [0.4, 0.5) is 0 Å². The Bertz CT molecular complexity index is 314. The summed E-state index contributed by atoms with van der Waals surface area (Å²) in [7, 11) is 0. The molecule has 1 N–H and O–H groups in total. The van der Waals surface area contributed by atoms with E-state index in [9.17, 15) is 14.4 Å². The Morgan fingerprint density at radius 1 is 1.56 bits per heavy atom. The van der Waals surface area contributed by atoms with Gasteiger partial charge in [-0.05, 0) is 20.8 Å². The SMILES string of the molecule is CCOC(=O)C1CN(C(C)C)C(=O)C(=O)N1. The molecule has 1 saturated heterocycles. The largest absolute Gasteiger partial charge is 0.464 e. The highest BCUT2D eigenvalue weighted by molar-refractivity contribution is 6.36. The second kappa shape index (κ2) is 4.96. The van der Waals surface area contributed by atoms with Gasteiger partial charge in [0.05, 0.1) is 13.2 Å². The standard InChI is InChI=1S/C10H16N2O4/c1-4-16-10(15)7-5-12(6(2)3)9(14)8(13)11-7/h6-7H,4-5H2,1-3H3,(H,11,13). The molecular formula is C10H16N2O4. The molecule has 6 heteroatoms. The summed E-state index contributed by atoms with van der Waals surface area (Å²) in [6, 6.07) is -0.872. The van der Waals surface area contributed by atoms with Crippen molar-refractivity contribution in [2.45, 2.75) is 32.9 Å². The minimum Gasteiger partial charge on any atom is -0.464 e. The molecule has 6 nitrogen and oxygen atoms in total. The summed E-state index contributed by atoms with van der Waals surface area (Å²) in [4.78, 5) is 35.6. The first-order valence-electron chi connectivity index (χ1n) is 5.25. The van der Waals surface area contributed by atoms with Crippen molar-refractivity contribution in [1.82, 2.24) is 10.2 Å². The molecule has 0 saturated carbocycles. The molecule has 1 rings (SSSR count). The van der Waals surface area contributed by atoms with E-state index in [-0.39, 0.29) is 19.2 Å². The van der Waals surface area contributed by atoms with E-state index in [0.29, 0.717) is 0 Å². The molecular weight excluding hydrogens is 212 g/mol. The second-order valence-corrected chi connectivity index (χ2v) is 3.83. The Balaban J connectivity index is 2.74. The summed E-state index contributed by atoms with van der Waals surface area (Å²) in [5.74, 6) is -1.86. The average Bonchev–Trinajstić information content (AvgIpc) is 2.21. The van der Waals surface area contributed by atoms with Gasteiger partial charge in [0.1, 0.15) is 6.04 Å². The molecule has 1 unspecified atom stereocenters. The quantitative estimate of drug-likeness (QED) is 0.511. The first kappa shape index (κ1) is 12.5. The van der Waals surface area contributed by atoms with Crippen LogP contribution in [0.1, 0.15) is 20.8 Å². The number of carbonyl (C=O) groups excluding carboxylic acids is 3. The van der Waals surface area contributed by atoms with Crippen molar-refractivity contribution in [3.05, 3.63) is 0 Å². The Kier molecular flexibility index (Phi) is 3.87. The number of ether oxygens (including phenoxy) is 1. The maximum absolute atomic E-state index is 11.5. The molecule has 0 radical (unpaired) electrons. The molecule has 90 valence electrons. The van der Waals surface area contributed by atoms with Gasteiger partial charge in [-0.2, -0.15) is 0 Å². The Hall–Kier alpha value is -1.59. The van der Waals surface area contributed by atoms with Crippen LogP contribution in [0.15, 0.2) is 0 Å². The van der Waals surface area contributed by atoms with Crippen molar-refractivity contribution >= 4 is 17.8 Å². The lowest BCUT2D eigenvalue weighted by Crippen LogP contribution is -2.62. The molecule has 16 heavy (non-hydrogen) atoms. The van der Waals surface area contributed by atoms with Crippen LogP contribution in [0, 0.1) is 0 Å². The minimum absolute atomic E-state index is 0.115. The molecule has 1 aliphatic heterocycles. The highest BCUT2D eigenvalue weighted by Crippen LogP contribution is 2.07. The highest BCUT2D eigenvalue weighted by atomic mass is 16.5. The van der Waals surface area contributed by atoms with E-state index in [0.717, 1.165) is 0 Å². The van der Waals surface area contributed by atoms with Gasteiger partial charge >= 0.3 is 17.8 Å². The van der Waals surface area contributed by atoms with Crippen LogP contribution < -0.4 is 5.32 Å². The number of esters is 1. The van der Waals surface area contributed by atoms with Gasteiger partial charge in [-0.1, -0.05) is 0 Å². The summed E-state index contributed by atoms with van der Waals surface area (Å²) >= 11 is 0. The zero-order chi connectivity index (χ0) is 12.3. The lowest BCUT2D eigenvalue weighted by molar-refractivity contribution is -0.157. The highest BCUT2D eigenvalue weighted by Gasteiger charge is 2.37. The van der Waals surface area contributed by atoms with Gasteiger partial charge in [-0.3, -0.25) is 9.59 Å².